The van der Waals surface area contributed by atoms with E-state index in [-0.39, 0.29) is 6.61 Å². The Hall–Kier alpha value is -1.45. The number of phosphoric acid groups is 1. The molecule has 2 rings (SSSR count). The maximum Gasteiger partial charge on any atom is 0.473 e. The number of hydrogen-bond donors (Lipinski definition) is 1. The minimum atomic E-state index is -4.19. The molecule has 4 nitrogen and oxygen atoms in total. The lowest BCUT2D eigenvalue weighted by molar-refractivity contribution is 0.0607. The third-order valence-electron chi connectivity index (χ3n) is 4.20. The molecule has 1 atom stereocenters. The van der Waals surface area contributed by atoms with E-state index in [1.54, 1.807) is 6.92 Å². The van der Waals surface area contributed by atoms with Crippen molar-refractivity contribution in [3.05, 3.63) is 71.8 Å². The largest absolute Gasteiger partial charge is 0.473 e. The zero-order valence-electron chi connectivity index (χ0n) is 14.9. The maximum absolute atomic E-state index is 12.5. The maximum atomic E-state index is 12.5. The van der Waals surface area contributed by atoms with Gasteiger partial charge in [-0.3, -0.25) is 9.05 Å². The van der Waals surface area contributed by atoms with Crippen molar-refractivity contribution in [2.45, 2.75) is 45.1 Å². The molecule has 2 aromatic carbocycles. The van der Waals surface area contributed by atoms with Gasteiger partial charge in [0.05, 0.1) is 6.61 Å². The molecule has 1 unspecified atom stereocenters. The van der Waals surface area contributed by atoms with Gasteiger partial charge < -0.3 is 4.89 Å². The van der Waals surface area contributed by atoms with Gasteiger partial charge in [0.2, 0.25) is 0 Å². The highest BCUT2D eigenvalue weighted by Gasteiger charge is 2.38. The van der Waals surface area contributed by atoms with Crippen LogP contribution in [-0.2, 0) is 19.2 Å². The Bertz CT molecular complexity index is 633. The Kier molecular flexibility index (Phi) is 7.39. The molecule has 0 amide bonds. The number of hydrogen-bond acceptors (Lipinski definition) is 3. The van der Waals surface area contributed by atoms with Crippen molar-refractivity contribution in [3.8, 4) is 0 Å². The van der Waals surface area contributed by atoms with Gasteiger partial charge in [0.15, 0.2) is 0 Å². The van der Waals surface area contributed by atoms with Crippen LogP contribution in [0.2, 0.25) is 0 Å². The fraction of sp³-hybridized carbons (Fsp3) is 0.400. The summed E-state index contributed by atoms with van der Waals surface area (Å²) < 4.78 is 23.4. The van der Waals surface area contributed by atoms with E-state index >= 15 is 0 Å². The van der Waals surface area contributed by atoms with Crippen LogP contribution in [0.5, 0.6) is 0 Å². The molecule has 25 heavy (non-hydrogen) atoms. The molecule has 0 spiro atoms. The smallest absolute Gasteiger partial charge is 0.302 e. The van der Waals surface area contributed by atoms with Crippen molar-refractivity contribution in [1.29, 1.82) is 0 Å². The van der Waals surface area contributed by atoms with Gasteiger partial charge >= 0.3 is 7.82 Å². The Morgan fingerprint density at radius 3 is 1.92 bits per heavy atom. The van der Waals surface area contributed by atoms with E-state index in [0.29, 0.717) is 0 Å². The number of phosphoric ester groups is 1. The predicted molar refractivity (Wildman–Crippen MR) is 100 cm³/mol. The van der Waals surface area contributed by atoms with Gasteiger partial charge in [-0.15, -0.1) is 0 Å². The normalized spacial score (nSPS) is 14.2. The summed E-state index contributed by atoms with van der Waals surface area (Å²) in [5.74, 6) is 0. The van der Waals surface area contributed by atoms with Crippen molar-refractivity contribution < 1.29 is 18.5 Å². The predicted octanol–water partition coefficient (Wildman–Crippen LogP) is 5.66. The Balaban J connectivity index is 2.18. The summed E-state index contributed by atoms with van der Waals surface area (Å²) in [5, 5.41) is 0. The third-order valence-corrected chi connectivity index (χ3v) is 5.30. The molecule has 0 saturated heterocycles. The molecule has 0 aliphatic rings. The lowest BCUT2D eigenvalue weighted by Gasteiger charge is -2.32. The molecule has 0 fully saturated rings. The molecular formula is C20H27O4P. The van der Waals surface area contributed by atoms with Crippen LogP contribution in [0.25, 0.3) is 0 Å². The van der Waals surface area contributed by atoms with E-state index in [1.807, 2.05) is 60.7 Å². The average Bonchev–Trinajstić information content (AvgIpc) is 2.62. The van der Waals surface area contributed by atoms with E-state index in [1.165, 1.54) is 0 Å². The first-order valence-electron chi connectivity index (χ1n) is 8.77. The molecule has 136 valence electrons. The van der Waals surface area contributed by atoms with Gasteiger partial charge in [0.1, 0.15) is 5.60 Å². The van der Waals surface area contributed by atoms with Gasteiger partial charge in [0.25, 0.3) is 0 Å². The average molecular weight is 362 g/mol. The van der Waals surface area contributed by atoms with Crippen LogP contribution in [0.3, 0.4) is 0 Å². The highest BCUT2D eigenvalue weighted by atomic mass is 31.2. The summed E-state index contributed by atoms with van der Waals surface area (Å²) in [5.41, 5.74) is 0.520. The minimum Gasteiger partial charge on any atom is -0.302 e. The van der Waals surface area contributed by atoms with Crippen LogP contribution < -0.4 is 0 Å². The monoisotopic (exact) mass is 362 g/mol. The van der Waals surface area contributed by atoms with Crippen LogP contribution in [-0.4, -0.2) is 11.5 Å². The van der Waals surface area contributed by atoms with Crippen LogP contribution in [0.15, 0.2) is 60.7 Å². The van der Waals surface area contributed by atoms with Crippen molar-refractivity contribution in [1.82, 2.24) is 0 Å². The van der Waals surface area contributed by atoms with Crippen molar-refractivity contribution >= 4 is 7.82 Å². The van der Waals surface area contributed by atoms with Gasteiger partial charge in [-0.05, 0) is 24.5 Å². The summed E-state index contributed by atoms with van der Waals surface area (Å²) >= 11 is 0. The number of unbranched alkanes of at least 4 members (excludes halogenated alkanes) is 3. The zero-order valence-corrected chi connectivity index (χ0v) is 15.8. The summed E-state index contributed by atoms with van der Waals surface area (Å²) in [6, 6.07) is 18.9. The van der Waals surface area contributed by atoms with Gasteiger partial charge in [-0.2, -0.15) is 0 Å². The summed E-state index contributed by atoms with van der Waals surface area (Å²) in [7, 11) is -4.19. The van der Waals surface area contributed by atoms with E-state index < -0.39 is 13.4 Å². The second-order valence-electron chi connectivity index (χ2n) is 6.22. The molecule has 2 aromatic rings. The standard InChI is InChI=1S/C20H27O4P/c1-3-4-5-12-17-23-25(21,22)24-20(2,18-13-8-6-9-14-18)19-15-10-7-11-16-19/h6-11,13-16H,3-5,12,17H2,1-2H3,(H,21,22). The van der Waals surface area contributed by atoms with Gasteiger partial charge in [0, 0.05) is 0 Å². The third kappa shape index (κ3) is 5.79. The lowest BCUT2D eigenvalue weighted by atomic mass is 9.88. The topological polar surface area (TPSA) is 55.8 Å². The van der Waals surface area contributed by atoms with E-state index in [2.05, 4.69) is 6.92 Å². The first-order valence-corrected chi connectivity index (χ1v) is 10.3. The highest BCUT2D eigenvalue weighted by molar-refractivity contribution is 7.47. The van der Waals surface area contributed by atoms with Crippen molar-refractivity contribution in [2.24, 2.45) is 0 Å². The van der Waals surface area contributed by atoms with Gasteiger partial charge in [-0.1, -0.05) is 86.8 Å². The van der Waals surface area contributed by atoms with Crippen molar-refractivity contribution in [3.63, 3.8) is 0 Å². The summed E-state index contributed by atoms with van der Waals surface area (Å²) in [6.07, 6.45) is 3.92. The Morgan fingerprint density at radius 2 is 1.44 bits per heavy atom. The molecule has 0 heterocycles. The Morgan fingerprint density at radius 1 is 0.920 bits per heavy atom. The fourth-order valence-corrected chi connectivity index (χ4v) is 3.84. The molecule has 0 aliphatic heterocycles. The van der Waals surface area contributed by atoms with Crippen molar-refractivity contribution in [2.75, 3.05) is 6.61 Å². The van der Waals surface area contributed by atoms with Crippen LogP contribution in [0.4, 0.5) is 0 Å². The van der Waals surface area contributed by atoms with E-state index in [0.717, 1.165) is 36.8 Å². The van der Waals surface area contributed by atoms with Crippen LogP contribution in [0, 0.1) is 0 Å². The lowest BCUT2D eigenvalue weighted by Crippen LogP contribution is -2.26. The summed E-state index contributed by atoms with van der Waals surface area (Å²) in [6.45, 7) is 4.13. The molecule has 0 bridgehead atoms. The molecular weight excluding hydrogens is 335 g/mol. The molecule has 0 radical (unpaired) electrons. The Labute approximate surface area is 150 Å². The highest BCUT2D eigenvalue weighted by Crippen LogP contribution is 2.52. The fourth-order valence-electron chi connectivity index (χ4n) is 2.75. The quantitative estimate of drug-likeness (QED) is 0.437. The van der Waals surface area contributed by atoms with Gasteiger partial charge in [-0.25, -0.2) is 4.57 Å². The van der Waals surface area contributed by atoms with Crippen LogP contribution >= 0.6 is 7.82 Å². The van der Waals surface area contributed by atoms with E-state index in [9.17, 15) is 9.46 Å². The SMILES string of the molecule is CCCCCCOP(=O)(O)OC(C)(c1ccccc1)c1ccccc1. The number of benzene rings is 2. The molecule has 5 heteroatoms. The molecule has 0 aliphatic carbocycles. The zero-order chi connectivity index (χ0) is 18.2. The second kappa shape index (κ2) is 9.30. The first kappa shape index (κ1) is 19.9. The first-order chi connectivity index (χ1) is 12.0. The van der Waals surface area contributed by atoms with Crippen LogP contribution in [0.1, 0.15) is 50.7 Å². The second-order valence-corrected chi connectivity index (χ2v) is 7.60. The van der Waals surface area contributed by atoms with E-state index in [4.69, 9.17) is 9.05 Å². The molecule has 1 N–H and O–H groups in total. The number of rotatable bonds is 10. The minimum absolute atomic E-state index is 0.216. The molecule has 0 aromatic heterocycles. The molecule has 0 saturated carbocycles. The summed E-state index contributed by atoms with van der Waals surface area (Å²) in [4.78, 5) is 10.2.